The average Bonchev–Trinajstić information content (AvgIpc) is 3.16. The van der Waals surface area contributed by atoms with Gasteiger partial charge in [0, 0.05) is 28.7 Å². The Morgan fingerprint density at radius 3 is 1.92 bits per heavy atom. The molecular formula is C27H18F6N2OS. The number of halogens is 6. The summed E-state index contributed by atoms with van der Waals surface area (Å²) in [6.45, 7) is 1.86. The van der Waals surface area contributed by atoms with Gasteiger partial charge in [0.25, 0.3) is 0 Å². The number of anilines is 1. The number of hydrogen-bond donors (Lipinski definition) is 1. The van der Waals surface area contributed by atoms with Crippen LogP contribution in [0.4, 0.5) is 32.0 Å². The quantitative estimate of drug-likeness (QED) is 0.160. The van der Waals surface area contributed by atoms with Crippen LogP contribution in [0, 0.1) is 6.92 Å². The maximum Gasteiger partial charge on any atom is 0.416 e. The van der Waals surface area contributed by atoms with E-state index >= 15 is 0 Å². The van der Waals surface area contributed by atoms with Gasteiger partial charge in [0.2, 0.25) is 5.91 Å². The molecule has 0 aliphatic heterocycles. The second kappa shape index (κ2) is 10.2. The molecule has 0 aliphatic carbocycles. The van der Waals surface area contributed by atoms with Crippen LogP contribution in [0.25, 0.3) is 15.7 Å². The van der Waals surface area contributed by atoms with E-state index in [4.69, 9.17) is 0 Å². The molecule has 3 nitrogen and oxygen atoms in total. The molecule has 4 rings (SSSR count). The van der Waals surface area contributed by atoms with Gasteiger partial charge in [-0.25, -0.2) is 0 Å². The molecule has 2 aromatic carbocycles. The maximum atomic E-state index is 13.0. The van der Waals surface area contributed by atoms with Gasteiger partial charge < -0.3 is 5.32 Å². The summed E-state index contributed by atoms with van der Waals surface area (Å²) < 4.78 is 78.9. The summed E-state index contributed by atoms with van der Waals surface area (Å²) >= 11 is 1.48. The Hall–Kier alpha value is -3.92. The molecule has 37 heavy (non-hydrogen) atoms. The number of hydrogen-bond acceptors (Lipinski definition) is 3. The first-order valence-corrected chi connectivity index (χ1v) is 11.6. The van der Waals surface area contributed by atoms with Crippen molar-refractivity contribution >= 4 is 38.6 Å². The number of fused-ring (bicyclic) bond motifs is 1. The molecule has 0 spiro atoms. The summed E-state index contributed by atoms with van der Waals surface area (Å²) in [4.78, 5) is 17.5. The molecule has 0 radical (unpaired) electrons. The number of nitrogens with zero attached hydrogens (tertiary/aromatic N) is 1. The van der Waals surface area contributed by atoms with Gasteiger partial charge in [-0.3, -0.25) is 9.78 Å². The smallest absolute Gasteiger partial charge is 0.321 e. The van der Waals surface area contributed by atoms with Crippen LogP contribution >= 0.6 is 11.3 Å². The zero-order valence-corrected chi connectivity index (χ0v) is 19.9. The largest absolute Gasteiger partial charge is 0.416 e. The summed E-state index contributed by atoms with van der Waals surface area (Å²) in [7, 11) is 0. The predicted molar refractivity (Wildman–Crippen MR) is 132 cm³/mol. The van der Waals surface area contributed by atoms with Crippen molar-refractivity contribution in [3.05, 3.63) is 112 Å². The number of rotatable bonds is 5. The van der Waals surface area contributed by atoms with Crippen molar-refractivity contribution in [1.29, 1.82) is 0 Å². The molecule has 0 saturated carbocycles. The molecule has 0 saturated heterocycles. The third kappa shape index (κ3) is 6.08. The highest BCUT2D eigenvalue weighted by Crippen LogP contribution is 2.35. The lowest BCUT2D eigenvalue weighted by molar-refractivity contribution is -0.138. The Morgan fingerprint density at radius 2 is 1.41 bits per heavy atom. The van der Waals surface area contributed by atoms with Crippen LogP contribution in [0.15, 0.2) is 85.2 Å². The molecule has 10 heteroatoms. The number of thiophene rings is 1. The number of carbonyl (C=O) groups excluding carboxylic acids is 1. The first kappa shape index (κ1) is 26.2. The second-order valence-corrected chi connectivity index (χ2v) is 9.24. The van der Waals surface area contributed by atoms with E-state index in [2.05, 4.69) is 10.3 Å². The molecule has 4 aromatic rings. The van der Waals surface area contributed by atoms with E-state index in [1.165, 1.54) is 53.8 Å². The molecule has 1 N–H and O–H groups in total. The second-order valence-electron chi connectivity index (χ2n) is 7.98. The molecule has 0 fully saturated rings. The minimum absolute atomic E-state index is 0.338. The van der Waals surface area contributed by atoms with Crippen LogP contribution in [0.2, 0.25) is 0 Å². The minimum Gasteiger partial charge on any atom is -0.321 e. The summed E-state index contributed by atoms with van der Waals surface area (Å²) in [6, 6.07) is 10.3. The molecule has 2 aromatic heterocycles. The van der Waals surface area contributed by atoms with E-state index < -0.39 is 29.4 Å². The van der Waals surface area contributed by atoms with Gasteiger partial charge in [0.15, 0.2) is 0 Å². The number of pyridine rings is 1. The fourth-order valence-electron chi connectivity index (χ4n) is 3.66. The Bertz CT molecular complexity index is 1420. The number of benzene rings is 2. The third-order valence-corrected chi connectivity index (χ3v) is 6.53. The molecule has 0 aliphatic rings. The fraction of sp³-hybridized carbons (Fsp3) is 0.111. The highest BCUT2D eigenvalue weighted by molar-refractivity contribution is 7.19. The molecule has 0 atom stereocenters. The van der Waals surface area contributed by atoms with Gasteiger partial charge >= 0.3 is 12.4 Å². The van der Waals surface area contributed by atoms with Gasteiger partial charge in [-0.1, -0.05) is 36.4 Å². The molecule has 2 heterocycles. The zero-order chi connectivity index (χ0) is 26.8. The van der Waals surface area contributed by atoms with E-state index in [-0.39, 0.29) is 0 Å². The molecule has 190 valence electrons. The van der Waals surface area contributed by atoms with Crippen molar-refractivity contribution < 1.29 is 31.1 Å². The van der Waals surface area contributed by atoms with Crippen LogP contribution in [0.1, 0.15) is 27.1 Å². The number of aromatic nitrogens is 1. The lowest BCUT2D eigenvalue weighted by Gasteiger charge is -2.12. The van der Waals surface area contributed by atoms with Crippen molar-refractivity contribution in [3.8, 4) is 0 Å². The number of allylic oxidation sites excluding steroid dienone is 2. The number of carbonyl (C=O) groups is 1. The van der Waals surface area contributed by atoms with Gasteiger partial charge in [-0.15, -0.1) is 11.3 Å². The van der Waals surface area contributed by atoms with Gasteiger partial charge in [0.05, 0.1) is 21.5 Å². The fourth-order valence-corrected chi connectivity index (χ4v) is 4.65. The Labute approximate surface area is 211 Å². The lowest BCUT2D eigenvalue weighted by Crippen LogP contribution is -2.08. The lowest BCUT2D eigenvalue weighted by atomic mass is 9.95. The molecule has 0 bridgehead atoms. The summed E-state index contributed by atoms with van der Waals surface area (Å²) in [5, 5.41) is 3.65. The Kier molecular flexibility index (Phi) is 7.22. The topological polar surface area (TPSA) is 42.0 Å². The van der Waals surface area contributed by atoms with Crippen LogP contribution in [0.3, 0.4) is 0 Å². The normalized spacial score (nSPS) is 12.2. The predicted octanol–water partition coefficient (Wildman–Crippen LogP) is 8.27. The van der Waals surface area contributed by atoms with Crippen LogP contribution < -0.4 is 5.32 Å². The van der Waals surface area contributed by atoms with Crippen molar-refractivity contribution in [2.45, 2.75) is 19.3 Å². The maximum absolute atomic E-state index is 13.0. The van der Waals surface area contributed by atoms with E-state index in [9.17, 15) is 31.1 Å². The minimum atomic E-state index is -4.53. The first-order valence-electron chi connectivity index (χ1n) is 10.8. The summed E-state index contributed by atoms with van der Waals surface area (Å²) in [5.74, 6) is -0.449. The highest BCUT2D eigenvalue weighted by atomic mass is 32.1. The van der Waals surface area contributed by atoms with Crippen LogP contribution in [0.5, 0.6) is 0 Å². The Balaban J connectivity index is 1.64. The number of alkyl halides is 6. The average molecular weight is 533 g/mol. The summed E-state index contributed by atoms with van der Waals surface area (Å²) in [5.41, 5.74) is -0.0468. The molecule has 0 unspecified atom stereocenters. The summed E-state index contributed by atoms with van der Waals surface area (Å²) in [6.07, 6.45) is -1.66. The van der Waals surface area contributed by atoms with Crippen LogP contribution in [-0.4, -0.2) is 10.9 Å². The van der Waals surface area contributed by atoms with E-state index in [0.29, 0.717) is 22.4 Å². The van der Waals surface area contributed by atoms with Gasteiger partial charge in [-0.2, -0.15) is 26.3 Å². The zero-order valence-electron chi connectivity index (χ0n) is 19.1. The van der Waals surface area contributed by atoms with E-state index in [1.54, 1.807) is 18.5 Å². The number of aryl methyl sites for hydroxylation is 1. The van der Waals surface area contributed by atoms with Crippen LogP contribution in [-0.2, 0) is 17.1 Å². The SMILES string of the molecule is Cc1sc2cnccc2c1NC(=O)C=CC=C(c1ccc(C(F)(F)F)cc1)c1ccc(C(F)(F)F)cc1. The van der Waals surface area contributed by atoms with Crippen molar-refractivity contribution in [1.82, 2.24) is 4.98 Å². The Morgan fingerprint density at radius 1 is 0.865 bits per heavy atom. The monoisotopic (exact) mass is 532 g/mol. The standard InChI is InChI=1S/C27H18F6N2OS/c1-16-25(22-13-14-34-15-23(22)37-16)35-24(36)4-2-3-21(17-5-9-19(10-6-17)26(28,29)30)18-7-11-20(12-8-18)27(31,32)33/h2-15H,1H3,(H,35,36). The number of amides is 1. The van der Waals surface area contributed by atoms with Crippen molar-refractivity contribution in [2.24, 2.45) is 0 Å². The highest BCUT2D eigenvalue weighted by Gasteiger charge is 2.31. The third-order valence-electron chi connectivity index (χ3n) is 5.47. The first-order chi connectivity index (χ1) is 17.4. The number of nitrogens with one attached hydrogen (secondary N) is 1. The van der Waals surface area contributed by atoms with E-state index in [1.807, 2.05) is 6.92 Å². The van der Waals surface area contributed by atoms with E-state index in [0.717, 1.165) is 39.2 Å². The molecular weight excluding hydrogens is 514 g/mol. The van der Waals surface area contributed by atoms with Gasteiger partial charge in [-0.05, 0) is 54.0 Å². The van der Waals surface area contributed by atoms with Gasteiger partial charge in [0.1, 0.15) is 0 Å². The molecule has 1 amide bonds. The van der Waals surface area contributed by atoms with Crippen molar-refractivity contribution in [2.75, 3.05) is 5.32 Å². The van der Waals surface area contributed by atoms with Crippen molar-refractivity contribution in [3.63, 3.8) is 0 Å².